The van der Waals surface area contributed by atoms with Crippen LogP contribution in [-0.2, 0) is 9.59 Å². The number of carbonyl (C=O) groups excluding carboxylic acids is 2. The van der Waals surface area contributed by atoms with Crippen molar-refractivity contribution < 1.29 is 19.5 Å². The van der Waals surface area contributed by atoms with Crippen molar-refractivity contribution in [1.29, 1.82) is 0 Å². The Morgan fingerprint density at radius 1 is 1.41 bits per heavy atom. The molecule has 0 unspecified atom stereocenters. The maximum Gasteiger partial charge on any atom is 0.377 e. The molecule has 1 aliphatic heterocycles. The van der Waals surface area contributed by atoms with Crippen LogP contribution in [0.25, 0.3) is 0 Å². The van der Waals surface area contributed by atoms with Gasteiger partial charge in [-0.15, -0.1) is 0 Å². The zero-order valence-electron chi connectivity index (χ0n) is 9.06. The minimum absolute atomic E-state index is 0.0965. The van der Waals surface area contributed by atoms with E-state index < -0.39 is 11.8 Å². The van der Waals surface area contributed by atoms with Gasteiger partial charge in [0.1, 0.15) is 0 Å². The molecule has 2 rings (SSSR count). The average Bonchev–Trinajstić information content (AvgIpc) is 2.27. The first-order valence-electron chi connectivity index (χ1n) is 4.91. The van der Waals surface area contributed by atoms with Crippen LogP contribution < -0.4 is 10.2 Å². The highest BCUT2D eigenvalue weighted by molar-refractivity contribution is 6.40. The predicted molar refractivity (Wildman–Crippen MR) is 60.3 cm³/mol. The summed E-state index contributed by atoms with van der Waals surface area (Å²) in [5.74, 6) is -2.59. The van der Waals surface area contributed by atoms with Crippen LogP contribution in [0.3, 0.4) is 0 Å². The lowest BCUT2D eigenvalue weighted by Gasteiger charge is -2.27. The number of ketones is 1. The van der Waals surface area contributed by atoms with E-state index in [1.807, 2.05) is 0 Å². The molecule has 0 atom stereocenters. The number of aliphatic carboxylic acids is 1. The molecule has 1 amide bonds. The van der Waals surface area contributed by atoms with E-state index in [1.54, 1.807) is 11.9 Å². The topological polar surface area (TPSA) is 86.7 Å². The van der Waals surface area contributed by atoms with Crippen molar-refractivity contribution in [3.05, 3.63) is 23.8 Å². The number of fused-ring (bicyclic) bond motifs is 1. The van der Waals surface area contributed by atoms with Gasteiger partial charge in [0.2, 0.25) is 5.91 Å². The summed E-state index contributed by atoms with van der Waals surface area (Å²) in [4.78, 5) is 34.8. The summed E-state index contributed by atoms with van der Waals surface area (Å²) >= 11 is 0. The first-order valence-corrected chi connectivity index (χ1v) is 4.91. The minimum atomic E-state index is -1.49. The zero-order valence-corrected chi connectivity index (χ0v) is 9.06. The molecule has 1 aromatic rings. The third kappa shape index (κ3) is 1.96. The molecule has 0 bridgehead atoms. The fourth-order valence-corrected chi connectivity index (χ4v) is 1.71. The van der Waals surface area contributed by atoms with E-state index in [0.717, 1.165) is 0 Å². The van der Waals surface area contributed by atoms with Crippen molar-refractivity contribution in [1.82, 2.24) is 0 Å². The summed E-state index contributed by atoms with van der Waals surface area (Å²) in [6, 6.07) is 4.37. The summed E-state index contributed by atoms with van der Waals surface area (Å²) in [6.07, 6.45) is 0. The SMILES string of the molecule is CN1CC(=O)Nc2ccc(C(=O)C(=O)O)cc21. The molecule has 1 aliphatic rings. The van der Waals surface area contributed by atoms with Crippen LogP contribution in [0, 0.1) is 0 Å². The number of amides is 1. The van der Waals surface area contributed by atoms with Gasteiger partial charge in [-0.3, -0.25) is 9.59 Å². The Labute approximate surface area is 96.8 Å². The Kier molecular flexibility index (Phi) is 2.55. The molecular weight excluding hydrogens is 224 g/mol. The summed E-state index contributed by atoms with van der Waals surface area (Å²) in [7, 11) is 1.70. The van der Waals surface area contributed by atoms with Crippen LogP contribution in [0.5, 0.6) is 0 Å². The molecule has 6 nitrogen and oxygen atoms in total. The Bertz CT molecular complexity index is 524. The Balaban J connectivity index is 2.43. The van der Waals surface area contributed by atoms with Crippen LogP contribution in [-0.4, -0.2) is 36.4 Å². The van der Waals surface area contributed by atoms with Crippen molar-refractivity contribution in [3.8, 4) is 0 Å². The van der Waals surface area contributed by atoms with E-state index in [2.05, 4.69) is 5.32 Å². The molecule has 88 valence electrons. The van der Waals surface area contributed by atoms with Gasteiger partial charge in [-0.05, 0) is 18.2 Å². The van der Waals surface area contributed by atoms with Gasteiger partial charge in [0.05, 0.1) is 17.9 Å². The lowest BCUT2D eigenvalue weighted by atomic mass is 10.1. The Hall–Kier alpha value is -2.37. The van der Waals surface area contributed by atoms with Crippen LogP contribution in [0.15, 0.2) is 18.2 Å². The number of nitrogens with zero attached hydrogens (tertiary/aromatic N) is 1. The van der Waals surface area contributed by atoms with E-state index in [0.29, 0.717) is 11.4 Å². The van der Waals surface area contributed by atoms with Gasteiger partial charge in [-0.25, -0.2) is 4.79 Å². The highest BCUT2D eigenvalue weighted by Gasteiger charge is 2.22. The van der Waals surface area contributed by atoms with Crippen molar-refractivity contribution in [3.63, 3.8) is 0 Å². The van der Waals surface area contributed by atoms with E-state index in [1.165, 1.54) is 18.2 Å². The summed E-state index contributed by atoms with van der Waals surface area (Å²) in [5.41, 5.74) is 1.31. The molecule has 2 N–H and O–H groups in total. The highest BCUT2D eigenvalue weighted by Crippen LogP contribution is 2.29. The third-order valence-electron chi connectivity index (χ3n) is 2.52. The quantitative estimate of drug-likeness (QED) is 0.569. The monoisotopic (exact) mass is 234 g/mol. The number of carboxylic acid groups (broad SMARTS) is 1. The van der Waals surface area contributed by atoms with Gasteiger partial charge in [-0.2, -0.15) is 0 Å². The number of carboxylic acids is 1. The molecule has 0 saturated heterocycles. The van der Waals surface area contributed by atoms with E-state index in [4.69, 9.17) is 5.11 Å². The molecule has 0 spiro atoms. The fraction of sp³-hybridized carbons (Fsp3) is 0.182. The summed E-state index contributed by atoms with van der Waals surface area (Å²) < 4.78 is 0. The highest BCUT2D eigenvalue weighted by atomic mass is 16.4. The third-order valence-corrected chi connectivity index (χ3v) is 2.52. The first-order chi connectivity index (χ1) is 7.99. The molecule has 0 aliphatic carbocycles. The smallest absolute Gasteiger partial charge is 0.377 e. The van der Waals surface area contributed by atoms with E-state index in [-0.39, 0.29) is 18.0 Å². The molecule has 0 aromatic heterocycles. The van der Waals surface area contributed by atoms with Gasteiger partial charge < -0.3 is 15.3 Å². The fourth-order valence-electron chi connectivity index (χ4n) is 1.71. The first kappa shape index (κ1) is 11.1. The molecule has 1 aromatic carbocycles. The summed E-state index contributed by atoms with van der Waals surface area (Å²) in [6.45, 7) is 0.178. The maximum absolute atomic E-state index is 11.3. The van der Waals surface area contributed by atoms with Crippen molar-refractivity contribution in [2.24, 2.45) is 0 Å². The van der Waals surface area contributed by atoms with Gasteiger partial charge in [-0.1, -0.05) is 0 Å². The molecular formula is C11H10N2O4. The van der Waals surface area contributed by atoms with Crippen molar-refractivity contribution >= 4 is 29.0 Å². The van der Waals surface area contributed by atoms with Gasteiger partial charge in [0, 0.05) is 12.6 Å². The van der Waals surface area contributed by atoms with E-state index >= 15 is 0 Å². The van der Waals surface area contributed by atoms with Gasteiger partial charge in [0.25, 0.3) is 5.78 Å². The molecule has 0 saturated carbocycles. The number of rotatable bonds is 2. The normalized spacial score (nSPS) is 13.9. The number of hydrogen-bond acceptors (Lipinski definition) is 4. The molecule has 0 fully saturated rings. The summed E-state index contributed by atoms with van der Waals surface area (Å²) in [5, 5.41) is 11.3. The lowest BCUT2D eigenvalue weighted by Crippen LogP contribution is -2.35. The molecule has 6 heteroatoms. The van der Waals surface area contributed by atoms with Crippen molar-refractivity contribution in [2.75, 3.05) is 23.8 Å². The maximum atomic E-state index is 11.3. The molecule has 0 radical (unpaired) electrons. The van der Waals surface area contributed by atoms with Gasteiger partial charge >= 0.3 is 5.97 Å². The van der Waals surface area contributed by atoms with Crippen LogP contribution in [0.4, 0.5) is 11.4 Å². The van der Waals surface area contributed by atoms with Crippen LogP contribution in [0.1, 0.15) is 10.4 Å². The number of nitrogens with one attached hydrogen (secondary N) is 1. The van der Waals surface area contributed by atoms with Gasteiger partial charge in [0.15, 0.2) is 0 Å². The number of likely N-dealkylation sites (N-methyl/N-ethyl adjacent to an activating group) is 1. The second kappa shape index (κ2) is 3.89. The number of benzene rings is 1. The number of Topliss-reactive ketones (excluding diaryl/α,β-unsaturated/α-hetero) is 1. The predicted octanol–water partition coefficient (Wildman–Crippen LogP) is 0.342. The average molecular weight is 234 g/mol. The number of carbonyl (C=O) groups is 3. The Morgan fingerprint density at radius 3 is 2.76 bits per heavy atom. The minimum Gasteiger partial charge on any atom is -0.475 e. The zero-order chi connectivity index (χ0) is 12.6. The number of anilines is 2. The molecule has 17 heavy (non-hydrogen) atoms. The van der Waals surface area contributed by atoms with E-state index in [9.17, 15) is 14.4 Å². The van der Waals surface area contributed by atoms with Crippen LogP contribution in [0.2, 0.25) is 0 Å². The lowest BCUT2D eigenvalue weighted by molar-refractivity contribution is -0.131. The van der Waals surface area contributed by atoms with Crippen LogP contribution >= 0.6 is 0 Å². The molecule has 1 heterocycles. The second-order valence-corrected chi connectivity index (χ2v) is 3.77. The number of hydrogen-bond donors (Lipinski definition) is 2. The second-order valence-electron chi connectivity index (χ2n) is 3.77. The van der Waals surface area contributed by atoms with Crippen molar-refractivity contribution in [2.45, 2.75) is 0 Å². The standard InChI is InChI=1S/C11H10N2O4/c1-13-5-9(14)12-7-3-2-6(4-8(7)13)10(15)11(16)17/h2-4H,5H2,1H3,(H,12,14)(H,16,17). The largest absolute Gasteiger partial charge is 0.475 e. The Morgan fingerprint density at radius 2 is 2.12 bits per heavy atom.